The van der Waals surface area contributed by atoms with Crippen molar-refractivity contribution in [3.63, 3.8) is 0 Å². The number of nitrogens with one attached hydrogen (secondary N) is 1. The Balaban J connectivity index is 1.99. The zero-order chi connectivity index (χ0) is 17.7. The van der Waals surface area contributed by atoms with Crippen LogP contribution in [-0.2, 0) is 22.3 Å². The van der Waals surface area contributed by atoms with Crippen molar-refractivity contribution in [1.29, 1.82) is 0 Å². The Hall–Kier alpha value is -2.63. The Kier molecular flexibility index (Phi) is 5.39. The fraction of sp³-hybridized carbons (Fsp3) is 0.222. The normalized spacial score (nSPS) is 12.5. The summed E-state index contributed by atoms with van der Waals surface area (Å²) in [6, 6.07) is 13.4. The smallest absolute Gasteiger partial charge is 0.345 e. The van der Waals surface area contributed by atoms with E-state index in [-0.39, 0.29) is 12.1 Å². The highest BCUT2D eigenvalue weighted by molar-refractivity contribution is 6.38. The number of rotatable bonds is 5. The Bertz CT molecular complexity index is 727. The standard InChI is InChI=1S/C18H16F3NO2/c1-12(14-7-3-2-4-8-14)16(23)17(24)22-11-13-6-5-9-15(10-13)18(19,20)21/h2-10,12H,11H2,1H3,(H,22,24). The number of hydrogen-bond donors (Lipinski definition) is 1. The molecular weight excluding hydrogens is 319 g/mol. The molecule has 1 atom stereocenters. The van der Waals surface area contributed by atoms with Crippen LogP contribution >= 0.6 is 0 Å². The van der Waals surface area contributed by atoms with E-state index in [9.17, 15) is 22.8 Å². The van der Waals surface area contributed by atoms with Crippen LogP contribution in [0.15, 0.2) is 54.6 Å². The molecule has 0 saturated heterocycles. The third kappa shape index (κ3) is 4.44. The minimum absolute atomic E-state index is 0.143. The molecule has 0 saturated carbocycles. The van der Waals surface area contributed by atoms with Gasteiger partial charge in [0.2, 0.25) is 5.78 Å². The second-order valence-corrected chi connectivity index (χ2v) is 5.38. The number of halogens is 3. The fourth-order valence-electron chi connectivity index (χ4n) is 2.22. The molecule has 0 bridgehead atoms. The molecule has 0 aromatic heterocycles. The van der Waals surface area contributed by atoms with E-state index in [2.05, 4.69) is 5.32 Å². The van der Waals surface area contributed by atoms with Crippen LogP contribution in [0.25, 0.3) is 0 Å². The molecule has 126 valence electrons. The lowest BCUT2D eigenvalue weighted by atomic mass is 9.96. The third-order valence-corrected chi connectivity index (χ3v) is 3.62. The summed E-state index contributed by atoms with van der Waals surface area (Å²) in [5.74, 6) is -2.07. The van der Waals surface area contributed by atoms with Crippen molar-refractivity contribution in [2.24, 2.45) is 0 Å². The number of ketones is 1. The Labute approximate surface area is 137 Å². The Morgan fingerprint density at radius 2 is 1.71 bits per heavy atom. The van der Waals surface area contributed by atoms with Crippen LogP contribution in [0.1, 0.15) is 29.5 Å². The van der Waals surface area contributed by atoms with E-state index in [0.717, 1.165) is 12.1 Å². The average molecular weight is 335 g/mol. The zero-order valence-corrected chi connectivity index (χ0v) is 12.9. The van der Waals surface area contributed by atoms with Gasteiger partial charge < -0.3 is 5.32 Å². The first kappa shape index (κ1) is 17.7. The zero-order valence-electron chi connectivity index (χ0n) is 12.9. The summed E-state index contributed by atoms with van der Waals surface area (Å²) in [4.78, 5) is 24.0. The van der Waals surface area contributed by atoms with Crippen LogP contribution in [0, 0.1) is 0 Å². The minimum Gasteiger partial charge on any atom is -0.345 e. The van der Waals surface area contributed by atoms with E-state index in [1.807, 2.05) is 0 Å². The monoisotopic (exact) mass is 335 g/mol. The van der Waals surface area contributed by atoms with Gasteiger partial charge in [0.1, 0.15) is 0 Å². The Morgan fingerprint density at radius 1 is 1.04 bits per heavy atom. The molecule has 0 aliphatic rings. The molecule has 24 heavy (non-hydrogen) atoms. The maximum Gasteiger partial charge on any atom is 0.416 e. The van der Waals surface area contributed by atoms with Crippen LogP contribution in [0.5, 0.6) is 0 Å². The number of alkyl halides is 3. The molecule has 0 fully saturated rings. The Morgan fingerprint density at radius 3 is 2.33 bits per heavy atom. The lowest BCUT2D eigenvalue weighted by molar-refractivity contribution is -0.138. The van der Waals surface area contributed by atoms with Gasteiger partial charge in [-0.05, 0) is 23.3 Å². The molecule has 0 radical (unpaired) electrons. The molecule has 3 nitrogen and oxygen atoms in total. The van der Waals surface area contributed by atoms with Gasteiger partial charge in [-0.1, -0.05) is 49.4 Å². The number of carbonyl (C=O) groups is 2. The van der Waals surface area contributed by atoms with Crippen molar-refractivity contribution in [2.75, 3.05) is 0 Å². The highest BCUT2D eigenvalue weighted by Crippen LogP contribution is 2.29. The molecule has 1 N–H and O–H groups in total. The fourth-order valence-corrected chi connectivity index (χ4v) is 2.22. The van der Waals surface area contributed by atoms with Gasteiger partial charge in [0.05, 0.1) is 5.56 Å². The lowest BCUT2D eigenvalue weighted by Gasteiger charge is -2.12. The molecule has 6 heteroatoms. The second kappa shape index (κ2) is 7.29. The SMILES string of the molecule is CC(C(=O)C(=O)NCc1cccc(C(F)(F)F)c1)c1ccccc1. The predicted octanol–water partition coefficient (Wildman–Crippen LogP) is 3.69. The van der Waals surface area contributed by atoms with Crippen molar-refractivity contribution >= 4 is 11.7 Å². The number of hydrogen-bond acceptors (Lipinski definition) is 2. The molecular formula is C18H16F3NO2. The summed E-state index contributed by atoms with van der Waals surface area (Å²) in [7, 11) is 0. The number of Topliss-reactive ketones (excluding diaryl/α,β-unsaturated/α-hetero) is 1. The van der Waals surface area contributed by atoms with Gasteiger partial charge in [0, 0.05) is 12.5 Å². The molecule has 2 aromatic carbocycles. The summed E-state index contributed by atoms with van der Waals surface area (Å²) in [6.07, 6.45) is -4.45. The second-order valence-electron chi connectivity index (χ2n) is 5.38. The van der Waals surface area contributed by atoms with Crippen molar-refractivity contribution in [1.82, 2.24) is 5.32 Å². The van der Waals surface area contributed by atoms with Gasteiger partial charge in [-0.15, -0.1) is 0 Å². The number of amides is 1. The summed E-state index contributed by atoms with van der Waals surface area (Å²) < 4.78 is 37.9. The lowest BCUT2D eigenvalue weighted by Crippen LogP contribution is -2.33. The van der Waals surface area contributed by atoms with Crippen LogP contribution in [-0.4, -0.2) is 11.7 Å². The summed E-state index contributed by atoms with van der Waals surface area (Å²) >= 11 is 0. The first-order chi connectivity index (χ1) is 11.3. The molecule has 0 spiro atoms. The van der Waals surface area contributed by atoms with Gasteiger partial charge in [-0.25, -0.2) is 0 Å². The minimum atomic E-state index is -4.45. The van der Waals surface area contributed by atoms with Crippen molar-refractivity contribution < 1.29 is 22.8 Å². The molecule has 0 heterocycles. The maximum absolute atomic E-state index is 12.6. The van der Waals surface area contributed by atoms with Gasteiger partial charge in [0.15, 0.2) is 0 Å². The molecule has 2 aromatic rings. The molecule has 0 aliphatic carbocycles. The molecule has 1 amide bonds. The van der Waals surface area contributed by atoms with E-state index in [1.165, 1.54) is 12.1 Å². The highest BCUT2D eigenvalue weighted by atomic mass is 19.4. The van der Waals surface area contributed by atoms with Crippen LogP contribution < -0.4 is 5.32 Å². The molecule has 2 rings (SSSR count). The van der Waals surface area contributed by atoms with Gasteiger partial charge in [-0.3, -0.25) is 9.59 Å². The van der Waals surface area contributed by atoms with Crippen molar-refractivity contribution in [2.45, 2.75) is 25.6 Å². The van der Waals surface area contributed by atoms with E-state index in [1.54, 1.807) is 37.3 Å². The topological polar surface area (TPSA) is 46.2 Å². The molecule has 0 aliphatic heterocycles. The quantitative estimate of drug-likeness (QED) is 0.847. The van der Waals surface area contributed by atoms with E-state index >= 15 is 0 Å². The summed E-state index contributed by atoms with van der Waals surface area (Å²) in [5.41, 5.74) is 0.188. The first-order valence-corrected chi connectivity index (χ1v) is 7.32. The van der Waals surface area contributed by atoms with Crippen molar-refractivity contribution in [3.8, 4) is 0 Å². The van der Waals surface area contributed by atoms with E-state index in [0.29, 0.717) is 5.56 Å². The number of carbonyl (C=O) groups excluding carboxylic acids is 2. The predicted molar refractivity (Wildman–Crippen MR) is 83.2 cm³/mol. The highest BCUT2D eigenvalue weighted by Gasteiger charge is 2.30. The molecule has 1 unspecified atom stereocenters. The summed E-state index contributed by atoms with van der Waals surface area (Å²) in [5, 5.41) is 2.37. The maximum atomic E-state index is 12.6. The van der Waals surface area contributed by atoms with Gasteiger partial charge in [-0.2, -0.15) is 13.2 Å². The van der Waals surface area contributed by atoms with E-state index in [4.69, 9.17) is 0 Å². The van der Waals surface area contributed by atoms with Crippen LogP contribution in [0.2, 0.25) is 0 Å². The first-order valence-electron chi connectivity index (χ1n) is 7.32. The van der Waals surface area contributed by atoms with Crippen molar-refractivity contribution in [3.05, 3.63) is 71.3 Å². The van der Waals surface area contributed by atoms with Gasteiger partial charge >= 0.3 is 6.18 Å². The average Bonchev–Trinajstić information content (AvgIpc) is 2.58. The third-order valence-electron chi connectivity index (χ3n) is 3.62. The summed E-state index contributed by atoms with van der Waals surface area (Å²) in [6.45, 7) is 1.47. The largest absolute Gasteiger partial charge is 0.416 e. The van der Waals surface area contributed by atoms with Gasteiger partial charge in [0.25, 0.3) is 5.91 Å². The number of benzene rings is 2. The van der Waals surface area contributed by atoms with E-state index < -0.39 is 29.3 Å². The van der Waals surface area contributed by atoms with Crippen LogP contribution in [0.3, 0.4) is 0 Å². The van der Waals surface area contributed by atoms with Crippen LogP contribution in [0.4, 0.5) is 13.2 Å².